The van der Waals surface area contributed by atoms with Crippen LogP contribution in [0.4, 0.5) is 32.0 Å². The lowest BCUT2D eigenvalue weighted by atomic mass is 10.1. The number of anilines is 1. The van der Waals surface area contributed by atoms with Crippen molar-refractivity contribution in [1.29, 1.82) is 5.26 Å². The summed E-state index contributed by atoms with van der Waals surface area (Å²) in [6.07, 6.45) is -6.90. The van der Waals surface area contributed by atoms with E-state index in [9.17, 15) is 36.3 Å². The fraction of sp³-hybridized carbons (Fsp3) is 0.143. The first-order valence-electron chi connectivity index (χ1n) is 9.60. The molecule has 9 nitrogen and oxygen atoms in total. The Morgan fingerprint density at radius 3 is 2.27 bits per heavy atom. The van der Waals surface area contributed by atoms with E-state index in [1.54, 1.807) is 6.07 Å². The summed E-state index contributed by atoms with van der Waals surface area (Å²) >= 11 is 5.70. The second-order valence-corrected chi connectivity index (χ2v) is 7.01. The maximum atomic E-state index is 13.3. The van der Waals surface area contributed by atoms with Gasteiger partial charge in [-0.25, -0.2) is 4.73 Å². The van der Waals surface area contributed by atoms with Gasteiger partial charge in [0.15, 0.2) is 6.20 Å². The maximum absolute atomic E-state index is 13.3. The Morgan fingerprint density at radius 1 is 1.16 bits per heavy atom. The van der Waals surface area contributed by atoms with E-state index in [4.69, 9.17) is 21.6 Å². The van der Waals surface area contributed by atoms with Crippen LogP contribution in [-0.4, -0.2) is 23.8 Å². The Morgan fingerprint density at radius 2 is 1.76 bits per heavy atom. The van der Waals surface area contributed by atoms with Crippen molar-refractivity contribution >= 4 is 23.2 Å². The van der Waals surface area contributed by atoms with Crippen LogP contribution in [0.15, 0.2) is 55.1 Å². The van der Waals surface area contributed by atoms with E-state index in [1.165, 1.54) is 0 Å². The zero-order valence-electron chi connectivity index (χ0n) is 18.1. The fourth-order valence-corrected chi connectivity index (χ4v) is 2.79. The van der Waals surface area contributed by atoms with Crippen molar-refractivity contribution in [1.82, 2.24) is 4.98 Å². The number of benzene rings is 2. The number of nitriles is 1. The molecule has 0 saturated carbocycles. The monoisotopic (exact) mass is 549 g/mol. The van der Waals surface area contributed by atoms with E-state index in [0.29, 0.717) is 12.1 Å². The van der Waals surface area contributed by atoms with Crippen LogP contribution in [0.5, 0.6) is 17.2 Å². The van der Waals surface area contributed by atoms with Gasteiger partial charge in [0, 0.05) is 0 Å². The van der Waals surface area contributed by atoms with Gasteiger partial charge in [0.2, 0.25) is 0 Å². The van der Waals surface area contributed by atoms with Crippen LogP contribution in [0.2, 0.25) is 5.02 Å². The molecule has 0 aliphatic carbocycles. The Bertz CT molecular complexity index is 1280. The zero-order chi connectivity index (χ0) is 27.8. The minimum absolute atomic E-state index is 0.0758. The van der Waals surface area contributed by atoms with Gasteiger partial charge in [-0.2, -0.15) is 18.4 Å². The third-order valence-corrected chi connectivity index (χ3v) is 4.23. The van der Waals surface area contributed by atoms with E-state index in [2.05, 4.69) is 20.8 Å². The van der Waals surface area contributed by atoms with Crippen LogP contribution in [0, 0.1) is 16.5 Å². The standard InChI is InChI=1S/C19H10ClF6N3O4.C2H4N2/c20-15-5-13(17(30)28-10-7-27-9-29(31)8-10)16(6-14(15)18(21,22)23)32-11-1-3-12(4-2-11)33-19(24,25)26;3-1-2-4/h1-9H,(H,28,30);1,3H2. The Balaban J connectivity index is 0.00000112. The van der Waals surface area contributed by atoms with Crippen molar-refractivity contribution in [3.63, 3.8) is 0 Å². The highest BCUT2D eigenvalue weighted by atomic mass is 35.5. The van der Waals surface area contributed by atoms with E-state index in [0.717, 1.165) is 43.0 Å². The summed E-state index contributed by atoms with van der Waals surface area (Å²) in [5, 5.41) is 20.2. The molecule has 0 radical (unpaired) electrons. The molecule has 0 bridgehead atoms. The smallest absolute Gasteiger partial charge is 0.573 e. The van der Waals surface area contributed by atoms with Gasteiger partial charge < -0.3 is 25.7 Å². The summed E-state index contributed by atoms with van der Waals surface area (Å²) in [5.74, 6) is -2.39. The number of nitrogens with two attached hydrogens (primary N) is 1. The number of carbonyl (C=O) groups excluding carboxylic acids is 1. The van der Waals surface area contributed by atoms with Crippen LogP contribution in [0.3, 0.4) is 0 Å². The molecule has 0 spiro atoms. The second-order valence-electron chi connectivity index (χ2n) is 6.60. The number of nitrogens with one attached hydrogen (secondary N) is 1. The fourth-order valence-electron chi connectivity index (χ4n) is 2.51. The molecule has 0 saturated heterocycles. The molecule has 3 N–H and O–H groups in total. The molecule has 1 amide bonds. The largest absolute Gasteiger partial charge is 0.711 e. The summed E-state index contributed by atoms with van der Waals surface area (Å²) in [5.41, 5.74) is 2.82. The number of aromatic nitrogens is 2. The van der Waals surface area contributed by atoms with Crippen molar-refractivity contribution in [2.45, 2.75) is 12.5 Å². The van der Waals surface area contributed by atoms with Gasteiger partial charge in [-0.05, 0) is 36.4 Å². The van der Waals surface area contributed by atoms with Crippen molar-refractivity contribution in [3.8, 4) is 23.3 Å². The molecule has 16 heteroatoms. The second kappa shape index (κ2) is 12.1. The molecule has 2 aromatic carbocycles. The minimum Gasteiger partial charge on any atom is -0.711 e. The Labute approximate surface area is 209 Å². The highest BCUT2D eigenvalue weighted by molar-refractivity contribution is 6.32. The van der Waals surface area contributed by atoms with Gasteiger partial charge in [-0.1, -0.05) is 16.6 Å². The van der Waals surface area contributed by atoms with Crippen LogP contribution in [-0.2, 0) is 6.18 Å². The lowest BCUT2D eigenvalue weighted by Crippen LogP contribution is -2.27. The molecule has 0 unspecified atom stereocenters. The quantitative estimate of drug-likeness (QED) is 0.202. The highest BCUT2D eigenvalue weighted by Gasteiger charge is 2.35. The number of carbonyl (C=O) groups is 1. The molecule has 196 valence electrons. The SMILES string of the molecule is N#CCN.O=C(Nc1cnc[n+]([O-])c1)c1cc(Cl)c(C(F)(F)F)cc1Oc1ccc(OC(F)(F)F)cc1. The van der Waals surface area contributed by atoms with Crippen LogP contribution >= 0.6 is 11.6 Å². The highest BCUT2D eigenvalue weighted by Crippen LogP contribution is 2.40. The number of hydrogen-bond acceptors (Lipinski definition) is 7. The van der Waals surface area contributed by atoms with Crippen LogP contribution < -0.4 is 25.3 Å². The average Bonchev–Trinajstić information content (AvgIpc) is 2.79. The molecule has 37 heavy (non-hydrogen) atoms. The molecule has 1 heterocycles. The van der Waals surface area contributed by atoms with E-state index in [1.807, 2.05) is 0 Å². The Kier molecular flexibility index (Phi) is 9.47. The third-order valence-electron chi connectivity index (χ3n) is 3.91. The van der Waals surface area contributed by atoms with Gasteiger partial charge >= 0.3 is 12.5 Å². The number of rotatable bonds is 5. The molecule has 3 aromatic rings. The van der Waals surface area contributed by atoms with Crippen LogP contribution in [0.25, 0.3) is 0 Å². The van der Waals surface area contributed by atoms with Gasteiger partial charge in [0.25, 0.3) is 12.2 Å². The maximum Gasteiger partial charge on any atom is 0.573 e. The number of alkyl halides is 6. The third kappa shape index (κ3) is 9.02. The predicted octanol–water partition coefficient (Wildman–Crippen LogP) is 4.80. The molecule has 1 aromatic heterocycles. The lowest BCUT2D eigenvalue weighted by molar-refractivity contribution is -0.608. The first-order valence-corrected chi connectivity index (χ1v) is 9.98. The predicted molar refractivity (Wildman–Crippen MR) is 115 cm³/mol. The first-order chi connectivity index (χ1) is 17.2. The summed E-state index contributed by atoms with van der Waals surface area (Å²) in [6.45, 7) is 0.125. The molecule has 0 atom stereocenters. The first kappa shape index (κ1) is 28.9. The number of amides is 1. The topological polar surface area (TPSA) is 137 Å². The van der Waals surface area contributed by atoms with Gasteiger partial charge in [-0.15, -0.1) is 13.2 Å². The normalized spacial score (nSPS) is 11.0. The van der Waals surface area contributed by atoms with Gasteiger partial charge in [0.1, 0.15) is 29.1 Å². The molecule has 3 rings (SSSR count). The van der Waals surface area contributed by atoms with Crippen molar-refractivity contribution < 1.29 is 45.3 Å². The molecule has 0 fully saturated rings. The van der Waals surface area contributed by atoms with Crippen molar-refractivity contribution in [2.75, 3.05) is 11.9 Å². The number of hydrogen-bond donors (Lipinski definition) is 2. The molecule has 0 aliphatic heterocycles. The van der Waals surface area contributed by atoms with Crippen molar-refractivity contribution in [2.24, 2.45) is 5.73 Å². The van der Waals surface area contributed by atoms with Gasteiger partial charge in [0.05, 0.1) is 28.8 Å². The zero-order valence-corrected chi connectivity index (χ0v) is 18.9. The van der Waals surface area contributed by atoms with Crippen molar-refractivity contribution in [3.05, 3.63) is 76.5 Å². The average molecular weight is 550 g/mol. The number of nitrogens with zero attached hydrogens (tertiary/aromatic N) is 3. The van der Waals surface area contributed by atoms with Gasteiger partial charge in [-0.3, -0.25) is 4.79 Å². The van der Waals surface area contributed by atoms with Crippen LogP contribution in [0.1, 0.15) is 15.9 Å². The molecular weight excluding hydrogens is 536 g/mol. The Hall–Kier alpha value is -4.29. The number of ether oxygens (including phenoxy) is 2. The van der Waals surface area contributed by atoms with E-state index in [-0.39, 0.29) is 22.7 Å². The molecule has 0 aliphatic rings. The number of halogens is 7. The summed E-state index contributed by atoms with van der Waals surface area (Å²) < 4.78 is 86.0. The lowest BCUT2D eigenvalue weighted by Gasteiger charge is -2.16. The molecular formula is C21H14ClF6N5O4. The minimum atomic E-state index is -4.94. The van der Waals surface area contributed by atoms with E-state index < -0.39 is 46.1 Å². The summed E-state index contributed by atoms with van der Waals surface area (Å²) in [6, 6.07) is 6.60. The summed E-state index contributed by atoms with van der Waals surface area (Å²) in [7, 11) is 0. The summed E-state index contributed by atoms with van der Waals surface area (Å²) in [4.78, 5) is 16.2. The van der Waals surface area contributed by atoms with E-state index >= 15 is 0 Å².